The van der Waals surface area contributed by atoms with Gasteiger partial charge in [0.15, 0.2) is 5.65 Å². The summed E-state index contributed by atoms with van der Waals surface area (Å²) < 4.78 is 20.9. The molecule has 2 aliphatic rings. The predicted octanol–water partition coefficient (Wildman–Crippen LogP) is 3.73. The maximum absolute atomic E-state index is 13.3. The number of ether oxygens (including phenoxy) is 1. The fraction of sp³-hybridized carbons (Fsp3) is 0.450. The Morgan fingerprint density at radius 3 is 2.70 bits per heavy atom. The molecule has 5 rings (SSSR count). The van der Waals surface area contributed by atoms with Crippen molar-refractivity contribution in [1.29, 1.82) is 0 Å². The summed E-state index contributed by atoms with van der Waals surface area (Å²) in [5.74, 6) is 1.84. The number of benzene rings is 1. The van der Waals surface area contributed by atoms with E-state index in [0.29, 0.717) is 5.92 Å². The monoisotopic (exact) mass is 367 g/mol. The van der Waals surface area contributed by atoms with E-state index in [2.05, 4.69) is 10.4 Å². The molecule has 140 valence electrons. The molecule has 1 saturated carbocycles. The molecule has 7 heteroatoms. The maximum atomic E-state index is 13.3. The molecule has 2 aromatic heterocycles. The summed E-state index contributed by atoms with van der Waals surface area (Å²) in [6.07, 6.45) is 4.66. The zero-order valence-electron chi connectivity index (χ0n) is 15.3. The highest BCUT2D eigenvalue weighted by molar-refractivity contribution is 5.90. The van der Waals surface area contributed by atoms with E-state index < -0.39 is 0 Å². The van der Waals surface area contributed by atoms with Crippen LogP contribution < -0.4 is 5.32 Å². The number of aromatic nitrogens is 4. The second-order valence-corrected chi connectivity index (χ2v) is 7.39. The molecule has 3 heterocycles. The van der Waals surface area contributed by atoms with Crippen molar-refractivity contribution >= 4 is 16.9 Å². The molecule has 6 nitrogen and oxygen atoms in total. The van der Waals surface area contributed by atoms with Gasteiger partial charge in [-0.25, -0.2) is 19.0 Å². The first-order chi connectivity index (χ1) is 13.2. The Bertz CT molecular complexity index is 974. The lowest BCUT2D eigenvalue weighted by Crippen LogP contribution is -2.19. The van der Waals surface area contributed by atoms with Gasteiger partial charge in [-0.1, -0.05) is 0 Å². The number of aryl methyl sites for hydroxylation is 1. The van der Waals surface area contributed by atoms with E-state index in [1.807, 2.05) is 6.92 Å². The van der Waals surface area contributed by atoms with Gasteiger partial charge in [0, 0.05) is 19.1 Å². The number of hydrogen-bond donors (Lipinski definition) is 1. The van der Waals surface area contributed by atoms with E-state index in [1.165, 1.54) is 12.1 Å². The normalized spacial score (nSPS) is 19.7. The first kappa shape index (κ1) is 16.6. The summed E-state index contributed by atoms with van der Waals surface area (Å²) in [4.78, 5) is 9.64. The van der Waals surface area contributed by atoms with Gasteiger partial charge in [-0.05, 0) is 56.9 Å². The molecule has 0 bridgehead atoms. The Morgan fingerprint density at radius 1 is 1.19 bits per heavy atom. The van der Waals surface area contributed by atoms with E-state index >= 15 is 0 Å². The average Bonchev–Trinajstić information content (AvgIpc) is 3.30. The van der Waals surface area contributed by atoms with Crippen molar-refractivity contribution in [3.8, 4) is 5.69 Å². The smallest absolute Gasteiger partial charge is 0.168 e. The van der Waals surface area contributed by atoms with Gasteiger partial charge in [0.2, 0.25) is 0 Å². The molecule has 3 aromatic rings. The number of rotatable bonds is 5. The Balaban J connectivity index is 1.59. The largest absolute Gasteiger partial charge is 0.376 e. The summed E-state index contributed by atoms with van der Waals surface area (Å²) in [5.41, 5.74) is 2.41. The van der Waals surface area contributed by atoms with Crippen LogP contribution in [0.25, 0.3) is 16.7 Å². The highest BCUT2D eigenvalue weighted by atomic mass is 19.1. The highest BCUT2D eigenvalue weighted by Crippen LogP contribution is 2.40. The molecular weight excluding hydrogens is 345 g/mol. The second kappa shape index (κ2) is 6.56. The van der Waals surface area contributed by atoms with Crippen molar-refractivity contribution in [3.05, 3.63) is 41.6 Å². The maximum Gasteiger partial charge on any atom is 0.168 e. The van der Waals surface area contributed by atoms with Gasteiger partial charge < -0.3 is 10.1 Å². The zero-order chi connectivity index (χ0) is 18.4. The van der Waals surface area contributed by atoms with Crippen LogP contribution in [-0.4, -0.2) is 39.0 Å². The van der Waals surface area contributed by atoms with Gasteiger partial charge in [0.1, 0.15) is 17.5 Å². The van der Waals surface area contributed by atoms with Crippen LogP contribution in [0.5, 0.6) is 0 Å². The lowest BCUT2D eigenvalue weighted by atomic mass is 10.2. The van der Waals surface area contributed by atoms with Gasteiger partial charge in [-0.15, -0.1) is 0 Å². The Hall–Kier alpha value is -2.54. The van der Waals surface area contributed by atoms with E-state index in [0.717, 1.165) is 72.9 Å². The quantitative estimate of drug-likeness (QED) is 0.744. The molecule has 0 spiro atoms. The molecule has 1 unspecified atom stereocenters. The van der Waals surface area contributed by atoms with Gasteiger partial charge in [-0.3, -0.25) is 0 Å². The molecule has 1 saturated heterocycles. The van der Waals surface area contributed by atoms with Crippen LogP contribution >= 0.6 is 0 Å². The Morgan fingerprint density at radius 2 is 2.00 bits per heavy atom. The lowest BCUT2D eigenvalue weighted by molar-refractivity contribution is 0.120. The predicted molar refractivity (Wildman–Crippen MR) is 101 cm³/mol. The molecule has 1 aliphatic carbocycles. The standard InChI is InChI=1S/C20H22FN5O/c1-12-17-19(22-11-16-3-2-10-27-16)23-18(13-4-5-13)24-20(17)26(25-12)15-8-6-14(21)7-9-15/h6-9,13,16H,2-5,10-11H2,1H3,(H,22,23,24). The minimum absolute atomic E-state index is 0.229. The van der Waals surface area contributed by atoms with Crippen LogP contribution in [0.3, 0.4) is 0 Å². The van der Waals surface area contributed by atoms with Crippen molar-refractivity contribution in [2.45, 2.75) is 44.6 Å². The molecule has 27 heavy (non-hydrogen) atoms. The summed E-state index contributed by atoms with van der Waals surface area (Å²) in [5, 5.41) is 9.07. The molecule has 1 atom stereocenters. The van der Waals surface area contributed by atoms with Crippen LogP contribution in [0.1, 0.15) is 43.1 Å². The molecule has 1 aliphatic heterocycles. The lowest BCUT2D eigenvalue weighted by Gasteiger charge is -2.13. The average molecular weight is 367 g/mol. The van der Waals surface area contributed by atoms with E-state index in [1.54, 1.807) is 16.8 Å². The van der Waals surface area contributed by atoms with Crippen LogP contribution in [-0.2, 0) is 4.74 Å². The van der Waals surface area contributed by atoms with Crippen LogP contribution in [0.15, 0.2) is 24.3 Å². The van der Waals surface area contributed by atoms with Crippen molar-refractivity contribution in [3.63, 3.8) is 0 Å². The third-order valence-electron chi connectivity index (χ3n) is 5.25. The number of fused-ring (bicyclic) bond motifs is 1. The van der Waals surface area contributed by atoms with Crippen molar-refractivity contribution in [1.82, 2.24) is 19.7 Å². The summed E-state index contributed by atoms with van der Waals surface area (Å²) in [6, 6.07) is 6.33. The van der Waals surface area contributed by atoms with Gasteiger partial charge in [-0.2, -0.15) is 5.10 Å². The third-order valence-corrected chi connectivity index (χ3v) is 5.25. The van der Waals surface area contributed by atoms with Gasteiger partial charge in [0.25, 0.3) is 0 Å². The van der Waals surface area contributed by atoms with Crippen LogP contribution in [0, 0.1) is 12.7 Å². The number of anilines is 1. The molecule has 1 aromatic carbocycles. The van der Waals surface area contributed by atoms with Crippen molar-refractivity contribution in [2.75, 3.05) is 18.5 Å². The molecule has 2 fully saturated rings. The van der Waals surface area contributed by atoms with Crippen LogP contribution in [0.4, 0.5) is 10.2 Å². The Kier molecular flexibility index (Phi) is 4.04. The Labute approximate surface area is 156 Å². The minimum atomic E-state index is -0.265. The fourth-order valence-corrected chi connectivity index (χ4v) is 3.63. The van der Waals surface area contributed by atoms with E-state index in [9.17, 15) is 4.39 Å². The van der Waals surface area contributed by atoms with Crippen molar-refractivity contribution < 1.29 is 9.13 Å². The number of hydrogen-bond acceptors (Lipinski definition) is 5. The minimum Gasteiger partial charge on any atom is -0.376 e. The molecular formula is C20H22FN5O. The molecule has 0 radical (unpaired) electrons. The first-order valence-corrected chi connectivity index (χ1v) is 9.58. The zero-order valence-corrected chi connectivity index (χ0v) is 15.3. The first-order valence-electron chi connectivity index (χ1n) is 9.58. The number of nitrogens with zero attached hydrogens (tertiary/aromatic N) is 4. The highest BCUT2D eigenvalue weighted by Gasteiger charge is 2.29. The second-order valence-electron chi connectivity index (χ2n) is 7.39. The third kappa shape index (κ3) is 3.16. The topological polar surface area (TPSA) is 64.9 Å². The fourth-order valence-electron chi connectivity index (χ4n) is 3.63. The SMILES string of the molecule is Cc1nn(-c2ccc(F)cc2)c2nc(C3CC3)nc(NCC3CCCO3)c12. The summed E-state index contributed by atoms with van der Waals surface area (Å²) in [6.45, 7) is 3.53. The number of nitrogens with one attached hydrogen (secondary N) is 1. The molecule has 1 N–H and O–H groups in total. The van der Waals surface area contributed by atoms with E-state index in [4.69, 9.17) is 14.7 Å². The summed E-state index contributed by atoms with van der Waals surface area (Å²) >= 11 is 0. The van der Waals surface area contributed by atoms with Crippen molar-refractivity contribution in [2.24, 2.45) is 0 Å². The number of halogens is 1. The summed E-state index contributed by atoms with van der Waals surface area (Å²) in [7, 11) is 0. The van der Waals surface area contributed by atoms with E-state index in [-0.39, 0.29) is 11.9 Å². The van der Waals surface area contributed by atoms with Gasteiger partial charge >= 0.3 is 0 Å². The molecule has 0 amide bonds. The van der Waals surface area contributed by atoms with Crippen LogP contribution in [0.2, 0.25) is 0 Å². The van der Waals surface area contributed by atoms with Gasteiger partial charge in [0.05, 0.1) is 22.9 Å².